The van der Waals surface area contributed by atoms with Gasteiger partial charge < -0.3 is 0 Å². The van der Waals surface area contributed by atoms with E-state index in [1.54, 1.807) is 60.8 Å². The topological polar surface area (TPSA) is 74.8 Å². The number of urea groups is 1. The van der Waals surface area contributed by atoms with Crippen molar-refractivity contribution in [2.24, 2.45) is 5.92 Å². The summed E-state index contributed by atoms with van der Waals surface area (Å²) < 4.78 is 2.98. The Morgan fingerprint density at radius 2 is 1.84 bits per heavy atom. The molecule has 1 unspecified atom stereocenters. The highest BCUT2D eigenvalue weighted by Crippen LogP contribution is 2.26. The maximum absolute atomic E-state index is 13.5. The van der Waals surface area contributed by atoms with Crippen LogP contribution in [-0.2, 0) is 17.8 Å². The number of carbonyl (C=O) groups excluding carboxylic acids is 2. The minimum absolute atomic E-state index is 0.0836. The highest BCUT2D eigenvalue weighted by molar-refractivity contribution is 6.25. The van der Waals surface area contributed by atoms with Gasteiger partial charge in [0.05, 0.1) is 5.69 Å². The van der Waals surface area contributed by atoms with Crippen LogP contribution < -0.4 is 10.5 Å². The van der Waals surface area contributed by atoms with Crippen molar-refractivity contribution in [1.82, 2.24) is 9.38 Å². The molecule has 1 aliphatic carbocycles. The van der Waals surface area contributed by atoms with E-state index in [9.17, 15) is 14.4 Å². The van der Waals surface area contributed by atoms with Crippen molar-refractivity contribution in [3.8, 4) is 0 Å². The summed E-state index contributed by atoms with van der Waals surface area (Å²) in [6, 6.07) is 13.7. The number of fused-ring (bicyclic) bond motifs is 2. The van der Waals surface area contributed by atoms with Crippen LogP contribution in [0, 0.1) is 5.92 Å². The molecule has 0 N–H and O–H groups in total. The van der Waals surface area contributed by atoms with Crippen molar-refractivity contribution >= 4 is 29.0 Å². The number of hydrogen-bond donors (Lipinski definition) is 0. The molecule has 5 rings (SSSR count). The lowest BCUT2D eigenvalue weighted by molar-refractivity contribution is -0.446. The molecule has 1 aromatic carbocycles. The zero-order valence-corrected chi connectivity index (χ0v) is 17.5. The average Bonchev–Trinajstić information content (AvgIpc) is 2.82. The van der Waals surface area contributed by atoms with Gasteiger partial charge in [-0.1, -0.05) is 43.4 Å². The SMILES string of the molecule is CCc1ccc(N2C(=O)C3C=CC=CC3=[N+](Cc3cc(=O)n4ccccc4n3)C2=O)cc1. The Morgan fingerprint density at radius 3 is 2.62 bits per heavy atom. The fourth-order valence-corrected chi connectivity index (χ4v) is 4.09. The normalized spacial score (nSPS) is 17.9. The molecule has 0 spiro atoms. The summed E-state index contributed by atoms with van der Waals surface area (Å²) in [7, 11) is 0. The zero-order chi connectivity index (χ0) is 22.2. The molecule has 3 heterocycles. The van der Waals surface area contributed by atoms with Gasteiger partial charge in [-0.25, -0.2) is 9.78 Å². The summed E-state index contributed by atoms with van der Waals surface area (Å²) in [5.41, 5.74) is 2.96. The summed E-state index contributed by atoms with van der Waals surface area (Å²) in [4.78, 5) is 45.1. The number of hydrogen-bond acceptors (Lipinski definition) is 4. The first-order chi connectivity index (χ1) is 15.6. The van der Waals surface area contributed by atoms with E-state index >= 15 is 0 Å². The average molecular weight is 425 g/mol. The molecule has 0 saturated heterocycles. The number of anilines is 1. The number of allylic oxidation sites excluding steroid dienone is 3. The van der Waals surface area contributed by atoms with E-state index in [0.717, 1.165) is 12.0 Å². The van der Waals surface area contributed by atoms with Crippen LogP contribution >= 0.6 is 0 Å². The Morgan fingerprint density at radius 1 is 1.03 bits per heavy atom. The molecule has 7 heteroatoms. The first-order valence-electron chi connectivity index (χ1n) is 10.5. The van der Waals surface area contributed by atoms with Crippen LogP contribution in [0.4, 0.5) is 10.5 Å². The predicted octanol–water partition coefficient (Wildman–Crippen LogP) is 3.12. The van der Waals surface area contributed by atoms with E-state index < -0.39 is 11.9 Å². The molecule has 32 heavy (non-hydrogen) atoms. The second-order valence-electron chi connectivity index (χ2n) is 7.72. The maximum atomic E-state index is 13.5. The third-order valence-corrected chi connectivity index (χ3v) is 5.77. The van der Waals surface area contributed by atoms with Gasteiger partial charge in [0.2, 0.25) is 0 Å². The fraction of sp³-hybridized carbons (Fsp3) is 0.160. The van der Waals surface area contributed by atoms with E-state index in [1.165, 1.54) is 19.9 Å². The third kappa shape index (κ3) is 3.28. The quantitative estimate of drug-likeness (QED) is 0.602. The van der Waals surface area contributed by atoms with Crippen LogP contribution in [0.15, 0.2) is 83.8 Å². The third-order valence-electron chi connectivity index (χ3n) is 5.77. The van der Waals surface area contributed by atoms with Gasteiger partial charge in [-0.05, 0) is 42.3 Å². The van der Waals surface area contributed by atoms with E-state index in [1.807, 2.05) is 19.1 Å². The smallest absolute Gasteiger partial charge is 0.269 e. The van der Waals surface area contributed by atoms with Crippen LogP contribution in [-0.4, -0.2) is 31.6 Å². The van der Waals surface area contributed by atoms with Crippen molar-refractivity contribution in [3.05, 3.63) is 101 Å². The van der Waals surface area contributed by atoms with Crippen LogP contribution in [0.25, 0.3) is 5.65 Å². The van der Waals surface area contributed by atoms with Gasteiger partial charge >= 0.3 is 11.9 Å². The zero-order valence-electron chi connectivity index (χ0n) is 17.5. The molecule has 0 radical (unpaired) electrons. The summed E-state index contributed by atoms with van der Waals surface area (Å²) >= 11 is 0. The number of aryl methyl sites for hydroxylation is 1. The van der Waals surface area contributed by atoms with E-state index in [-0.39, 0.29) is 18.0 Å². The maximum Gasteiger partial charge on any atom is 0.506 e. The number of pyridine rings is 1. The van der Waals surface area contributed by atoms with Gasteiger partial charge in [0.15, 0.2) is 0 Å². The summed E-state index contributed by atoms with van der Waals surface area (Å²) in [6.45, 7) is 2.13. The molecule has 0 fully saturated rings. The van der Waals surface area contributed by atoms with Crippen LogP contribution in [0.1, 0.15) is 18.2 Å². The Balaban J connectivity index is 1.60. The number of rotatable bonds is 4. The molecule has 1 atom stereocenters. The van der Waals surface area contributed by atoms with Crippen molar-refractivity contribution in [3.63, 3.8) is 0 Å². The molecule has 2 aromatic heterocycles. The Labute approximate surface area is 184 Å². The highest BCUT2D eigenvalue weighted by atomic mass is 16.2. The first-order valence-corrected chi connectivity index (χ1v) is 10.5. The molecule has 1 aliphatic heterocycles. The number of amides is 3. The molecule has 7 nitrogen and oxygen atoms in total. The number of carbonyl (C=O) groups is 2. The van der Waals surface area contributed by atoms with Crippen LogP contribution in [0.5, 0.6) is 0 Å². The van der Waals surface area contributed by atoms with Crippen LogP contribution in [0.3, 0.4) is 0 Å². The lowest BCUT2D eigenvalue weighted by Crippen LogP contribution is -2.54. The molecule has 0 saturated carbocycles. The van der Waals surface area contributed by atoms with Gasteiger partial charge in [-0.3, -0.25) is 9.20 Å². The summed E-state index contributed by atoms with van der Waals surface area (Å²) in [5, 5.41) is 0. The molecule has 158 valence electrons. The Kier molecular flexibility index (Phi) is 4.86. The monoisotopic (exact) mass is 425 g/mol. The van der Waals surface area contributed by atoms with Gasteiger partial charge in [-0.15, -0.1) is 4.90 Å². The van der Waals surface area contributed by atoms with Gasteiger partial charge in [0.25, 0.3) is 5.56 Å². The molecule has 3 aromatic rings. The minimum Gasteiger partial charge on any atom is -0.269 e. The van der Waals surface area contributed by atoms with Gasteiger partial charge in [-0.2, -0.15) is 9.37 Å². The predicted molar refractivity (Wildman–Crippen MR) is 121 cm³/mol. The lowest BCUT2D eigenvalue weighted by atomic mass is 9.94. The fourth-order valence-electron chi connectivity index (χ4n) is 4.09. The molecule has 0 bridgehead atoms. The minimum atomic E-state index is -0.579. The highest BCUT2D eigenvalue weighted by Gasteiger charge is 2.48. The Bertz CT molecular complexity index is 1400. The second-order valence-corrected chi connectivity index (χ2v) is 7.72. The van der Waals surface area contributed by atoms with Crippen molar-refractivity contribution < 1.29 is 14.2 Å². The molecule has 3 amide bonds. The van der Waals surface area contributed by atoms with E-state index in [2.05, 4.69) is 4.98 Å². The molecular weight excluding hydrogens is 404 g/mol. The molecular formula is C25H21N4O3+. The summed E-state index contributed by atoms with van der Waals surface area (Å²) in [6.07, 6.45) is 9.68. The van der Waals surface area contributed by atoms with Crippen molar-refractivity contribution in [2.45, 2.75) is 19.9 Å². The molecule has 2 aliphatic rings. The number of benzene rings is 1. The number of nitrogens with zero attached hydrogens (tertiary/aromatic N) is 4. The number of imide groups is 1. The van der Waals surface area contributed by atoms with Crippen molar-refractivity contribution in [2.75, 3.05) is 4.90 Å². The van der Waals surface area contributed by atoms with Crippen molar-refractivity contribution in [1.29, 1.82) is 0 Å². The van der Waals surface area contributed by atoms with E-state index in [4.69, 9.17) is 0 Å². The second kappa shape index (κ2) is 7.85. The van der Waals surface area contributed by atoms with Gasteiger partial charge in [0.1, 0.15) is 29.5 Å². The lowest BCUT2D eigenvalue weighted by Gasteiger charge is -2.26. The Hall–Kier alpha value is -4.13. The summed E-state index contributed by atoms with van der Waals surface area (Å²) in [5.74, 6) is -0.872. The number of aromatic nitrogens is 2. The van der Waals surface area contributed by atoms with Gasteiger partial charge in [0, 0.05) is 12.3 Å². The standard InChI is InChI=1S/C25H21N4O3/c1-2-17-10-12-19(13-11-17)29-24(31)20-7-3-4-8-21(20)28(25(29)32)16-18-15-23(30)27-14-6-5-9-22(27)26-18/h3-15,20H,2,16H2,1H3/q+1. The first kappa shape index (κ1) is 19.8. The van der Waals surface area contributed by atoms with E-state index in [0.29, 0.717) is 22.7 Å². The van der Waals surface area contributed by atoms with Crippen LogP contribution in [0.2, 0.25) is 0 Å². The largest absolute Gasteiger partial charge is 0.506 e.